The van der Waals surface area contributed by atoms with Gasteiger partial charge in [0.1, 0.15) is 5.75 Å². The van der Waals surface area contributed by atoms with Gasteiger partial charge in [0.2, 0.25) is 5.91 Å². The summed E-state index contributed by atoms with van der Waals surface area (Å²) >= 11 is 5.87. The molecule has 0 aliphatic carbocycles. The van der Waals surface area contributed by atoms with Crippen LogP contribution < -0.4 is 4.74 Å². The fourth-order valence-electron chi connectivity index (χ4n) is 3.36. The smallest absolute Gasteiger partial charge is 0.253 e. The molecule has 6 heteroatoms. The van der Waals surface area contributed by atoms with E-state index in [2.05, 4.69) is 6.07 Å². The summed E-state index contributed by atoms with van der Waals surface area (Å²) in [5.41, 5.74) is 2.90. The third kappa shape index (κ3) is 5.26. The van der Waals surface area contributed by atoms with Gasteiger partial charge in [0.05, 0.1) is 13.0 Å². The number of ether oxygens (including phenoxy) is 1. The summed E-state index contributed by atoms with van der Waals surface area (Å²) < 4.78 is 5.73. The van der Waals surface area contributed by atoms with Gasteiger partial charge < -0.3 is 14.5 Å². The Morgan fingerprint density at radius 1 is 0.929 bits per heavy atom. The minimum atomic E-state index is -0.0260. The van der Waals surface area contributed by atoms with Gasteiger partial charge in [-0.2, -0.15) is 0 Å². The topological polar surface area (TPSA) is 49.9 Å². The SMILES string of the molecule is Cc1cc(C)cc(OCCC(=O)N2CCN(C(=O)c3ccc(Cl)cc3)CC2)c1. The zero-order chi connectivity index (χ0) is 20.1. The highest BCUT2D eigenvalue weighted by atomic mass is 35.5. The Balaban J connectivity index is 1.44. The van der Waals surface area contributed by atoms with Crippen molar-refractivity contribution in [2.75, 3.05) is 32.8 Å². The summed E-state index contributed by atoms with van der Waals surface area (Å²) in [5, 5.41) is 0.606. The first-order valence-electron chi connectivity index (χ1n) is 9.46. The van der Waals surface area contributed by atoms with Gasteiger partial charge in [0, 0.05) is 36.8 Å². The van der Waals surface area contributed by atoms with Gasteiger partial charge in [0.25, 0.3) is 5.91 Å². The predicted molar refractivity (Wildman–Crippen MR) is 110 cm³/mol. The Kier molecular flexibility index (Phi) is 6.57. The van der Waals surface area contributed by atoms with E-state index in [1.165, 1.54) is 0 Å². The van der Waals surface area contributed by atoms with Crippen molar-refractivity contribution in [2.24, 2.45) is 0 Å². The van der Waals surface area contributed by atoms with Gasteiger partial charge in [-0.05, 0) is 61.4 Å². The summed E-state index contributed by atoms with van der Waals surface area (Å²) in [5.74, 6) is 0.827. The maximum atomic E-state index is 12.5. The van der Waals surface area contributed by atoms with E-state index in [0.29, 0.717) is 49.8 Å². The Morgan fingerprint density at radius 3 is 2.11 bits per heavy atom. The minimum absolute atomic E-state index is 0.0260. The van der Waals surface area contributed by atoms with Crippen molar-refractivity contribution in [3.8, 4) is 5.75 Å². The van der Waals surface area contributed by atoms with E-state index < -0.39 is 0 Å². The minimum Gasteiger partial charge on any atom is -0.493 e. The number of carbonyl (C=O) groups is 2. The van der Waals surface area contributed by atoms with Crippen LogP contribution in [0.15, 0.2) is 42.5 Å². The third-order valence-electron chi connectivity index (χ3n) is 4.79. The number of piperazine rings is 1. The molecule has 1 saturated heterocycles. The van der Waals surface area contributed by atoms with Gasteiger partial charge in [-0.15, -0.1) is 0 Å². The van der Waals surface area contributed by atoms with Gasteiger partial charge in [0.15, 0.2) is 0 Å². The molecular weight excluding hydrogens is 376 g/mol. The molecule has 1 aliphatic rings. The van der Waals surface area contributed by atoms with Gasteiger partial charge >= 0.3 is 0 Å². The summed E-state index contributed by atoms with van der Waals surface area (Å²) in [6.45, 7) is 6.55. The molecule has 28 heavy (non-hydrogen) atoms. The highest BCUT2D eigenvalue weighted by molar-refractivity contribution is 6.30. The zero-order valence-electron chi connectivity index (χ0n) is 16.3. The van der Waals surface area contributed by atoms with Crippen LogP contribution >= 0.6 is 11.6 Å². The molecule has 3 rings (SSSR count). The van der Waals surface area contributed by atoms with Crippen molar-refractivity contribution in [2.45, 2.75) is 20.3 Å². The quantitative estimate of drug-likeness (QED) is 0.768. The van der Waals surface area contributed by atoms with Crippen LogP contribution in [0.2, 0.25) is 5.02 Å². The number of hydrogen-bond donors (Lipinski definition) is 0. The van der Waals surface area contributed by atoms with Crippen molar-refractivity contribution >= 4 is 23.4 Å². The molecule has 0 radical (unpaired) electrons. The first-order chi connectivity index (χ1) is 13.4. The van der Waals surface area contributed by atoms with E-state index in [1.54, 1.807) is 34.1 Å². The molecular formula is C22H25ClN2O3. The molecule has 0 saturated carbocycles. The fraction of sp³-hybridized carbons (Fsp3) is 0.364. The van der Waals surface area contributed by atoms with Gasteiger partial charge in [-0.1, -0.05) is 17.7 Å². The van der Waals surface area contributed by atoms with Crippen LogP contribution in [0.25, 0.3) is 0 Å². The van der Waals surface area contributed by atoms with Crippen LogP contribution in [0.3, 0.4) is 0 Å². The first kappa shape index (κ1) is 20.2. The Labute approximate surface area is 170 Å². The standard InChI is InChI=1S/C22H25ClN2O3/c1-16-13-17(2)15-20(14-16)28-12-7-21(26)24-8-10-25(11-9-24)22(27)18-3-5-19(23)6-4-18/h3-6,13-15H,7-12H2,1-2H3. The average molecular weight is 401 g/mol. The lowest BCUT2D eigenvalue weighted by Crippen LogP contribution is -2.50. The second-order valence-corrected chi connectivity index (χ2v) is 7.54. The van der Waals surface area contributed by atoms with Gasteiger partial charge in [-0.3, -0.25) is 9.59 Å². The fourth-order valence-corrected chi connectivity index (χ4v) is 3.49. The Bertz CT molecular complexity index is 823. The van der Waals surface area contributed by atoms with Crippen molar-refractivity contribution in [1.82, 2.24) is 9.80 Å². The molecule has 148 valence electrons. The Hall–Kier alpha value is -2.53. The maximum absolute atomic E-state index is 12.5. The van der Waals surface area contributed by atoms with E-state index in [4.69, 9.17) is 16.3 Å². The normalized spacial score (nSPS) is 14.1. The van der Waals surface area contributed by atoms with Crippen molar-refractivity contribution in [1.29, 1.82) is 0 Å². The van der Waals surface area contributed by atoms with Gasteiger partial charge in [-0.25, -0.2) is 0 Å². The lowest BCUT2D eigenvalue weighted by Gasteiger charge is -2.35. The van der Waals surface area contributed by atoms with Crippen LogP contribution in [0.4, 0.5) is 0 Å². The molecule has 0 spiro atoms. The number of halogens is 1. The summed E-state index contributed by atoms with van der Waals surface area (Å²) in [7, 11) is 0. The molecule has 1 heterocycles. The molecule has 0 bridgehead atoms. The molecule has 0 aromatic heterocycles. The number of rotatable bonds is 5. The van der Waals surface area contributed by atoms with Crippen LogP contribution in [0.5, 0.6) is 5.75 Å². The van der Waals surface area contributed by atoms with Crippen LogP contribution in [-0.2, 0) is 4.79 Å². The zero-order valence-corrected chi connectivity index (χ0v) is 17.0. The molecule has 5 nitrogen and oxygen atoms in total. The number of aryl methyl sites for hydroxylation is 2. The van der Waals surface area contributed by atoms with Crippen molar-refractivity contribution in [3.05, 3.63) is 64.2 Å². The van der Waals surface area contributed by atoms with E-state index in [9.17, 15) is 9.59 Å². The lowest BCUT2D eigenvalue weighted by molar-refractivity contribution is -0.133. The number of benzene rings is 2. The van der Waals surface area contributed by atoms with Crippen LogP contribution in [0, 0.1) is 13.8 Å². The van der Waals surface area contributed by atoms with E-state index in [1.807, 2.05) is 26.0 Å². The summed E-state index contributed by atoms with van der Waals surface area (Å²) in [6, 6.07) is 12.9. The highest BCUT2D eigenvalue weighted by Crippen LogP contribution is 2.17. The molecule has 2 amide bonds. The van der Waals surface area contributed by atoms with E-state index in [-0.39, 0.29) is 11.8 Å². The maximum Gasteiger partial charge on any atom is 0.253 e. The largest absolute Gasteiger partial charge is 0.493 e. The Morgan fingerprint density at radius 2 is 1.50 bits per heavy atom. The van der Waals surface area contributed by atoms with Crippen molar-refractivity contribution in [3.63, 3.8) is 0 Å². The molecule has 1 fully saturated rings. The second-order valence-electron chi connectivity index (χ2n) is 7.10. The highest BCUT2D eigenvalue weighted by Gasteiger charge is 2.24. The number of amides is 2. The van der Waals surface area contributed by atoms with Crippen molar-refractivity contribution < 1.29 is 14.3 Å². The third-order valence-corrected chi connectivity index (χ3v) is 5.04. The summed E-state index contributed by atoms with van der Waals surface area (Å²) in [4.78, 5) is 28.5. The molecule has 0 atom stereocenters. The second kappa shape index (κ2) is 9.11. The summed E-state index contributed by atoms with van der Waals surface area (Å²) in [6.07, 6.45) is 0.331. The molecule has 2 aromatic rings. The lowest BCUT2D eigenvalue weighted by atomic mass is 10.1. The number of nitrogens with zero attached hydrogens (tertiary/aromatic N) is 2. The van der Waals surface area contributed by atoms with E-state index >= 15 is 0 Å². The number of hydrogen-bond acceptors (Lipinski definition) is 3. The monoisotopic (exact) mass is 400 g/mol. The predicted octanol–water partition coefficient (Wildman–Crippen LogP) is 3.71. The molecule has 2 aromatic carbocycles. The molecule has 1 aliphatic heterocycles. The van der Waals surface area contributed by atoms with Crippen LogP contribution in [0.1, 0.15) is 27.9 Å². The molecule has 0 N–H and O–H groups in total. The first-order valence-corrected chi connectivity index (χ1v) is 9.84. The number of carbonyl (C=O) groups excluding carboxylic acids is 2. The van der Waals surface area contributed by atoms with E-state index in [0.717, 1.165) is 16.9 Å². The average Bonchev–Trinajstić information content (AvgIpc) is 2.67. The molecule has 0 unspecified atom stereocenters. The van der Waals surface area contributed by atoms with Crippen LogP contribution in [-0.4, -0.2) is 54.4 Å².